The fourth-order valence-corrected chi connectivity index (χ4v) is 3.51. The van der Waals surface area contributed by atoms with E-state index >= 15 is 0 Å². The van der Waals surface area contributed by atoms with Crippen molar-refractivity contribution < 1.29 is 14.3 Å². The van der Waals surface area contributed by atoms with Gasteiger partial charge in [0.25, 0.3) is 5.91 Å². The smallest absolute Gasteiger partial charge is 0.289 e. The molecule has 1 aromatic carbocycles. The van der Waals surface area contributed by atoms with Gasteiger partial charge in [0.1, 0.15) is 5.69 Å². The second-order valence-corrected chi connectivity index (χ2v) is 6.94. The number of morpholine rings is 1. The molecule has 2 N–H and O–H groups in total. The standard InChI is InChI=1S/C18H22N4O3S/c1-13-3-2-4-14(11-13)5-6-16(23)20-21-17(24)15-12-26-18(19-15)22-7-9-25-10-8-22/h2-4,11-12H,5-10H2,1H3,(H,20,23)(H,21,24). The van der Waals surface area contributed by atoms with Crippen molar-refractivity contribution in [1.29, 1.82) is 0 Å². The molecule has 1 aliphatic rings. The van der Waals surface area contributed by atoms with Gasteiger partial charge in [0.15, 0.2) is 5.13 Å². The number of nitrogens with zero attached hydrogens (tertiary/aromatic N) is 2. The van der Waals surface area contributed by atoms with Crippen molar-refractivity contribution in [2.45, 2.75) is 19.8 Å². The van der Waals surface area contributed by atoms with E-state index in [-0.39, 0.29) is 5.91 Å². The van der Waals surface area contributed by atoms with E-state index in [1.54, 1.807) is 5.38 Å². The highest BCUT2D eigenvalue weighted by molar-refractivity contribution is 7.13. The normalized spacial score (nSPS) is 14.1. The maximum absolute atomic E-state index is 12.1. The number of hydrogen-bond donors (Lipinski definition) is 2. The molecule has 138 valence electrons. The lowest BCUT2D eigenvalue weighted by Gasteiger charge is -2.25. The first-order valence-corrected chi connectivity index (χ1v) is 9.43. The molecule has 0 atom stereocenters. The van der Waals surface area contributed by atoms with Crippen LogP contribution >= 0.6 is 11.3 Å². The van der Waals surface area contributed by atoms with Crippen molar-refractivity contribution in [2.75, 3.05) is 31.2 Å². The van der Waals surface area contributed by atoms with Gasteiger partial charge in [-0.15, -0.1) is 11.3 Å². The molecule has 0 unspecified atom stereocenters. The first-order valence-electron chi connectivity index (χ1n) is 8.55. The highest BCUT2D eigenvalue weighted by Gasteiger charge is 2.17. The second-order valence-electron chi connectivity index (χ2n) is 6.11. The minimum Gasteiger partial charge on any atom is -0.378 e. The van der Waals surface area contributed by atoms with Gasteiger partial charge in [0.2, 0.25) is 5.91 Å². The summed E-state index contributed by atoms with van der Waals surface area (Å²) in [6, 6.07) is 8.02. The number of carbonyl (C=O) groups is 2. The van der Waals surface area contributed by atoms with E-state index in [1.165, 1.54) is 11.3 Å². The molecule has 1 aliphatic heterocycles. The Morgan fingerprint density at radius 1 is 1.27 bits per heavy atom. The molecule has 0 radical (unpaired) electrons. The lowest BCUT2D eigenvalue weighted by Crippen LogP contribution is -2.42. The van der Waals surface area contributed by atoms with Crippen LogP contribution in [0.4, 0.5) is 5.13 Å². The number of ether oxygens (including phenoxy) is 1. The van der Waals surface area contributed by atoms with Gasteiger partial charge in [-0.25, -0.2) is 4.98 Å². The lowest BCUT2D eigenvalue weighted by molar-refractivity contribution is -0.121. The number of carbonyl (C=O) groups excluding carboxylic acids is 2. The van der Waals surface area contributed by atoms with Crippen LogP contribution in [0.25, 0.3) is 0 Å². The van der Waals surface area contributed by atoms with Crippen molar-refractivity contribution in [2.24, 2.45) is 0 Å². The van der Waals surface area contributed by atoms with Gasteiger partial charge in [0, 0.05) is 24.9 Å². The van der Waals surface area contributed by atoms with E-state index in [0.29, 0.717) is 31.7 Å². The largest absolute Gasteiger partial charge is 0.378 e. The van der Waals surface area contributed by atoms with Crippen LogP contribution < -0.4 is 15.8 Å². The Morgan fingerprint density at radius 3 is 2.85 bits per heavy atom. The van der Waals surface area contributed by atoms with E-state index in [9.17, 15) is 9.59 Å². The molecule has 1 saturated heterocycles. The summed E-state index contributed by atoms with van der Waals surface area (Å²) >= 11 is 1.41. The van der Waals surface area contributed by atoms with Crippen LogP contribution in [0, 0.1) is 6.92 Å². The molecular weight excluding hydrogens is 352 g/mol. The molecule has 0 aliphatic carbocycles. The van der Waals surface area contributed by atoms with E-state index in [2.05, 4.69) is 20.7 Å². The van der Waals surface area contributed by atoms with Gasteiger partial charge in [0.05, 0.1) is 13.2 Å². The molecule has 26 heavy (non-hydrogen) atoms. The number of amides is 2. The summed E-state index contributed by atoms with van der Waals surface area (Å²) in [6.45, 7) is 4.88. The summed E-state index contributed by atoms with van der Waals surface area (Å²) in [7, 11) is 0. The number of thiazole rings is 1. The van der Waals surface area contributed by atoms with Gasteiger partial charge in [-0.2, -0.15) is 0 Å². The molecule has 3 rings (SSSR count). The van der Waals surface area contributed by atoms with Crippen molar-refractivity contribution in [3.8, 4) is 0 Å². The Labute approximate surface area is 156 Å². The highest BCUT2D eigenvalue weighted by Crippen LogP contribution is 2.21. The molecule has 0 spiro atoms. The fourth-order valence-electron chi connectivity index (χ4n) is 2.65. The molecule has 8 heteroatoms. The van der Waals surface area contributed by atoms with E-state index in [0.717, 1.165) is 29.3 Å². The van der Waals surface area contributed by atoms with Crippen LogP contribution in [-0.2, 0) is 16.0 Å². The van der Waals surface area contributed by atoms with Crippen LogP contribution in [0.1, 0.15) is 28.0 Å². The van der Waals surface area contributed by atoms with Crippen LogP contribution in [0.15, 0.2) is 29.6 Å². The Balaban J connectivity index is 1.44. The molecule has 1 fully saturated rings. The van der Waals surface area contributed by atoms with Crippen molar-refractivity contribution in [3.63, 3.8) is 0 Å². The zero-order valence-corrected chi connectivity index (χ0v) is 15.5. The fraction of sp³-hybridized carbons (Fsp3) is 0.389. The first-order chi connectivity index (χ1) is 12.6. The Bertz CT molecular complexity index is 771. The van der Waals surface area contributed by atoms with Gasteiger partial charge < -0.3 is 9.64 Å². The number of aromatic nitrogens is 1. The number of hydrazine groups is 1. The molecule has 2 heterocycles. The average molecular weight is 374 g/mol. The topological polar surface area (TPSA) is 83.6 Å². The van der Waals surface area contributed by atoms with Crippen molar-refractivity contribution in [3.05, 3.63) is 46.5 Å². The molecule has 0 bridgehead atoms. The molecule has 0 saturated carbocycles. The summed E-state index contributed by atoms with van der Waals surface area (Å²) in [5, 5.41) is 2.49. The highest BCUT2D eigenvalue weighted by atomic mass is 32.1. The van der Waals surface area contributed by atoms with E-state index < -0.39 is 5.91 Å². The second kappa shape index (κ2) is 8.77. The van der Waals surface area contributed by atoms with Crippen LogP contribution in [0.5, 0.6) is 0 Å². The third-order valence-corrected chi connectivity index (χ3v) is 4.95. The number of benzene rings is 1. The van der Waals surface area contributed by atoms with Gasteiger partial charge in [-0.1, -0.05) is 29.8 Å². The number of aryl methyl sites for hydroxylation is 2. The predicted molar refractivity (Wildman–Crippen MR) is 100 cm³/mol. The Hall–Kier alpha value is -2.45. The maximum Gasteiger partial charge on any atom is 0.289 e. The molecule has 1 aromatic heterocycles. The number of nitrogens with one attached hydrogen (secondary N) is 2. The summed E-state index contributed by atoms with van der Waals surface area (Å²) in [6.07, 6.45) is 0.932. The zero-order valence-electron chi connectivity index (χ0n) is 14.7. The lowest BCUT2D eigenvalue weighted by atomic mass is 10.1. The summed E-state index contributed by atoms with van der Waals surface area (Å²) in [5.41, 5.74) is 7.43. The summed E-state index contributed by atoms with van der Waals surface area (Å²) in [4.78, 5) is 30.5. The summed E-state index contributed by atoms with van der Waals surface area (Å²) in [5.74, 6) is -0.645. The monoisotopic (exact) mass is 374 g/mol. The minimum absolute atomic E-state index is 0.233. The molecular formula is C18H22N4O3S. The Kier molecular flexibility index (Phi) is 6.19. The predicted octanol–water partition coefficient (Wildman–Crippen LogP) is 1.68. The molecule has 7 nitrogen and oxygen atoms in total. The van der Waals surface area contributed by atoms with Gasteiger partial charge in [-0.05, 0) is 18.9 Å². The average Bonchev–Trinajstić information content (AvgIpc) is 3.15. The van der Waals surface area contributed by atoms with Crippen LogP contribution in [0.2, 0.25) is 0 Å². The van der Waals surface area contributed by atoms with Gasteiger partial charge >= 0.3 is 0 Å². The van der Waals surface area contributed by atoms with Crippen molar-refractivity contribution >= 4 is 28.3 Å². The SMILES string of the molecule is Cc1cccc(CCC(=O)NNC(=O)c2csc(N3CCOCC3)n2)c1. The molecule has 2 aromatic rings. The number of rotatable bonds is 5. The first kappa shape index (κ1) is 18.3. The number of hydrogen-bond acceptors (Lipinski definition) is 6. The minimum atomic E-state index is -0.412. The quantitative estimate of drug-likeness (QED) is 0.778. The van der Waals surface area contributed by atoms with E-state index in [4.69, 9.17) is 4.74 Å². The van der Waals surface area contributed by atoms with Gasteiger partial charge in [-0.3, -0.25) is 20.4 Å². The Morgan fingerprint density at radius 2 is 2.08 bits per heavy atom. The van der Waals surface area contributed by atoms with Crippen LogP contribution in [-0.4, -0.2) is 43.1 Å². The number of anilines is 1. The van der Waals surface area contributed by atoms with Crippen molar-refractivity contribution in [1.82, 2.24) is 15.8 Å². The van der Waals surface area contributed by atoms with Crippen LogP contribution in [0.3, 0.4) is 0 Å². The zero-order chi connectivity index (χ0) is 18.4. The summed E-state index contributed by atoms with van der Waals surface area (Å²) < 4.78 is 5.31. The maximum atomic E-state index is 12.1. The third-order valence-electron chi connectivity index (χ3n) is 4.04. The van der Waals surface area contributed by atoms with E-state index in [1.807, 2.05) is 31.2 Å². The molecule has 2 amide bonds. The third kappa shape index (κ3) is 5.03.